The molecule has 0 saturated carbocycles. The van der Waals surface area contributed by atoms with Crippen LogP contribution in [0.2, 0.25) is 0 Å². The summed E-state index contributed by atoms with van der Waals surface area (Å²) in [4.78, 5) is 26.1. The molecule has 0 aliphatic carbocycles. The largest absolute Gasteiger partial charge is 0.294 e. The van der Waals surface area contributed by atoms with E-state index in [2.05, 4.69) is 13.8 Å². The summed E-state index contributed by atoms with van der Waals surface area (Å²) in [6, 6.07) is 19.0. The number of benzene rings is 2. The lowest BCUT2D eigenvalue weighted by Crippen LogP contribution is -2.31. The molecule has 0 fully saturated rings. The van der Waals surface area contributed by atoms with E-state index in [9.17, 15) is 9.59 Å². The average molecular weight is 411 g/mol. The fraction of sp³-hybridized carbons (Fsp3) is 0.250. The average Bonchev–Trinajstić information content (AvgIpc) is 2.73. The van der Waals surface area contributed by atoms with Crippen LogP contribution >= 0.6 is 23.5 Å². The molecule has 2 aromatic carbocycles. The molecule has 0 saturated heterocycles. The van der Waals surface area contributed by atoms with Crippen molar-refractivity contribution >= 4 is 41.2 Å². The van der Waals surface area contributed by atoms with Gasteiger partial charge in [-0.05, 0) is 23.1 Å². The summed E-state index contributed by atoms with van der Waals surface area (Å²) in [6.45, 7) is 4.11. The van der Waals surface area contributed by atoms with Gasteiger partial charge in [0.1, 0.15) is 5.92 Å². The number of ketones is 2. The van der Waals surface area contributed by atoms with E-state index in [-0.39, 0.29) is 16.1 Å². The third kappa shape index (κ3) is 6.84. The molecule has 0 aliphatic rings. The SMILES string of the molecule is CCSC(SCC)C(C(=O)/C=C/C=C/c1ccccc1)C(=O)c1ccccc1. The second-order valence-corrected chi connectivity index (χ2v) is 9.15. The van der Waals surface area contributed by atoms with Crippen LogP contribution in [-0.4, -0.2) is 27.7 Å². The summed E-state index contributed by atoms with van der Waals surface area (Å²) in [7, 11) is 0. The zero-order valence-electron chi connectivity index (χ0n) is 16.3. The van der Waals surface area contributed by atoms with Crippen LogP contribution in [0.5, 0.6) is 0 Å². The fourth-order valence-electron chi connectivity index (χ4n) is 2.72. The third-order valence-electron chi connectivity index (χ3n) is 4.04. The lowest BCUT2D eigenvalue weighted by atomic mass is 9.94. The summed E-state index contributed by atoms with van der Waals surface area (Å²) in [5, 5.41) is 0. The van der Waals surface area contributed by atoms with Gasteiger partial charge < -0.3 is 0 Å². The lowest BCUT2D eigenvalue weighted by molar-refractivity contribution is -0.116. The molecule has 0 N–H and O–H groups in total. The molecule has 0 aliphatic heterocycles. The number of allylic oxidation sites excluding steroid dienone is 3. The third-order valence-corrected chi connectivity index (χ3v) is 6.73. The summed E-state index contributed by atoms with van der Waals surface area (Å²) in [5.74, 6) is 0.800. The Labute approximate surface area is 176 Å². The van der Waals surface area contributed by atoms with Crippen molar-refractivity contribution in [1.29, 1.82) is 0 Å². The van der Waals surface area contributed by atoms with Crippen LogP contribution in [0, 0.1) is 5.92 Å². The van der Waals surface area contributed by atoms with Crippen molar-refractivity contribution in [2.24, 2.45) is 5.92 Å². The summed E-state index contributed by atoms with van der Waals surface area (Å²) in [5.41, 5.74) is 1.66. The predicted molar refractivity (Wildman–Crippen MR) is 124 cm³/mol. The molecule has 146 valence electrons. The highest BCUT2D eigenvalue weighted by atomic mass is 32.2. The first-order chi connectivity index (χ1) is 13.7. The molecule has 4 heteroatoms. The van der Waals surface area contributed by atoms with Crippen molar-refractivity contribution in [3.63, 3.8) is 0 Å². The van der Waals surface area contributed by atoms with Gasteiger partial charge in [-0.1, -0.05) is 92.7 Å². The van der Waals surface area contributed by atoms with E-state index in [4.69, 9.17) is 0 Å². The molecular weight excluding hydrogens is 384 g/mol. The first-order valence-electron chi connectivity index (χ1n) is 9.43. The molecule has 2 aromatic rings. The van der Waals surface area contributed by atoms with E-state index < -0.39 is 5.92 Å². The van der Waals surface area contributed by atoms with E-state index in [0.29, 0.717) is 5.56 Å². The number of hydrogen-bond acceptors (Lipinski definition) is 4. The highest BCUT2D eigenvalue weighted by Gasteiger charge is 2.34. The Morgan fingerprint density at radius 2 is 1.43 bits per heavy atom. The van der Waals surface area contributed by atoms with Crippen LogP contribution in [0.3, 0.4) is 0 Å². The maximum absolute atomic E-state index is 13.1. The maximum Gasteiger partial charge on any atom is 0.175 e. The number of thioether (sulfide) groups is 2. The minimum atomic E-state index is -0.682. The monoisotopic (exact) mass is 410 g/mol. The van der Waals surface area contributed by atoms with E-state index in [1.165, 1.54) is 6.08 Å². The van der Waals surface area contributed by atoms with E-state index in [1.807, 2.05) is 60.7 Å². The Hall–Kier alpha value is -2.04. The Kier molecular flexibility index (Phi) is 9.87. The van der Waals surface area contributed by atoms with Gasteiger partial charge in [0.05, 0.1) is 4.58 Å². The van der Waals surface area contributed by atoms with Gasteiger partial charge in [0.25, 0.3) is 0 Å². The van der Waals surface area contributed by atoms with Gasteiger partial charge in [-0.2, -0.15) is 0 Å². The number of carbonyl (C=O) groups excluding carboxylic acids is 2. The highest BCUT2D eigenvalue weighted by molar-refractivity contribution is 8.17. The molecule has 2 nitrogen and oxygen atoms in total. The predicted octanol–water partition coefficient (Wildman–Crippen LogP) is 6.16. The van der Waals surface area contributed by atoms with E-state index in [1.54, 1.807) is 41.7 Å². The smallest absolute Gasteiger partial charge is 0.175 e. The van der Waals surface area contributed by atoms with Crippen LogP contribution in [0.1, 0.15) is 29.8 Å². The summed E-state index contributed by atoms with van der Waals surface area (Å²) >= 11 is 3.33. The van der Waals surface area contributed by atoms with E-state index >= 15 is 0 Å². The van der Waals surface area contributed by atoms with Crippen LogP contribution in [0.15, 0.2) is 78.9 Å². The number of carbonyl (C=O) groups is 2. The highest BCUT2D eigenvalue weighted by Crippen LogP contribution is 2.33. The molecule has 0 bridgehead atoms. The molecule has 28 heavy (non-hydrogen) atoms. The number of Topliss-reactive ketones (excluding diaryl/α,β-unsaturated/α-hetero) is 1. The second-order valence-electron chi connectivity index (χ2n) is 6.02. The lowest BCUT2D eigenvalue weighted by Gasteiger charge is -2.23. The summed E-state index contributed by atoms with van der Waals surface area (Å²) in [6.07, 6.45) is 7.04. The zero-order chi connectivity index (χ0) is 20.2. The first-order valence-corrected chi connectivity index (χ1v) is 11.5. The van der Waals surface area contributed by atoms with Crippen LogP contribution in [-0.2, 0) is 4.79 Å². The van der Waals surface area contributed by atoms with Crippen LogP contribution < -0.4 is 0 Å². The summed E-state index contributed by atoms with van der Waals surface area (Å²) < 4.78 is -0.0852. The van der Waals surface area contributed by atoms with Crippen molar-refractivity contribution in [2.75, 3.05) is 11.5 Å². The molecule has 1 unspecified atom stereocenters. The molecular formula is C24H26O2S2. The van der Waals surface area contributed by atoms with Crippen LogP contribution in [0.25, 0.3) is 6.08 Å². The Balaban J connectivity index is 2.21. The van der Waals surface area contributed by atoms with Crippen molar-refractivity contribution in [1.82, 2.24) is 0 Å². The normalized spacial score (nSPS) is 12.7. The molecule has 0 radical (unpaired) electrons. The fourth-order valence-corrected chi connectivity index (χ4v) is 5.48. The Morgan fingerprint density at radius 1 is 0.857 bits per heavy atom. The van der Waals surface area contributed by atoms with Gasteiger partial charge in [-0.3, -0.25) is 9.59 Å². The topological polar surface area (TPSA) is 34.1 Å². The quantitative estimate of drug-likeness (QED) is 0.146. The Bertz CT molecular complexity index is 792. The van der Waals surface area contributed by atoms with Gasteiger partial charge >= 0.3 is 0 Å². The standard InChI is InChI=1S/C24H26O2S2/c1-3-27-24(28-4-2)22(23(26)20-16-9-6-10-17-20)21(25)18-12-11-15-19-13-7-5-8-14-19/h5-18,22,24H,3-4H2,1-2H3/b15-11+,18-12+. The molecule has 1 atom stereocenters. The van der Waals surface area contributed by atoms with Crippen LogP contribution in [0.4, 0.5) is 0 Å². The second kappa shape index (κ2) is 12.4. The zero-order valence-corrected chi connectivity index (χ0v) is 17.9. The van der Waals surface area contributed by atoms with Crippen molar-refractivity contribution in [2.45, 2.75) is 18.4 Å². The van der Waals surface area contributed by atoms with Gasteiger partial charge in [-0.15, -0.1) is 23.5 Å². The molecule has 0 amide bonds. The van der Waals surface area contributed by atoms with E-state index in [0.717, 1.165) is 17.1 Å². The number of rotatable bonds is 11. The molecule has 0 heterocycles. The van der Waals surface area contributed by atoms with Gasteiger partial charge in [0, 0.05) is 5.56 Å². The van der Waals surface area contributed by atoms with Crippen molar-refractivity contribution < 1.29 is 9.59 Å². The van der Waals surface area contributed by atoms with Crippen molar-refractivity contribution in [3.8, 4) is 0 Å². The first kappa shape index (κ1) is 22.3. The molecule has 2 rings (SSSR count). The maximum atomic E-state index is 13.1. The van der Waals surface area contributed by atoms with Gasteiger partial charge in [0.15, 0.2) is 11.6 Å². The minimum absolute atomic E-state index is 0.0852. The van der Waals surface area contributed by atoms with Crippen molar-refractivity contribution in [3.05, 3.63) is 90.0 Å². The van der Waals surface area contributed by atoms with Gasteiger partial charge in [-0.25, -0.2) is 0 Å². The number of hydrogen-bond donors (Lipinski definition) is 0. The molecule has 0 aromatic heterocycles. The Morgan fingerprint density at radius 3 is 2.00 bits per heavy atom. The molecule has 0 spiro atoms. The van der Waals surface area contributed by atoms with Gasteiger partial charge in [0.2, 0.25) is 0 Å². The minimum Gasteiger partial charge on any atom is -0.294 e.